The highest BCUT2D eigenvalue weighted by Crippen LogP contribution is 2.50. The summed E-state index contributed by atoms with van der Waals surface area (Å²) in [6, 6.07) is 16.1. The molecule has 0 spiro atoms. The second-order valence-electron chi connectivity index (χ2n) is 15.5. The fraction of sp³-hybridized carbons (Fsp3) is 0.615. The van der Waals surface area contributed by atoms with Gasteiger partial charge in [0, 0.05) is 62.7 Å². The van der Waals surface area contributed by atoms with Crippen LogP contribution < -0.4 is 10.2 Å². The Morgan fingerprint density at radius 3 is 2.38 bits per heavy atom. The van der Waals surface area contributed by atoms with E-state index in [9.17, 15) is 27.7 Å². The summed E-state index contributed by atoms with van der Waals surface area (Å²) in [6.45, 7) is 5.73. The average molecular weight is 737 g/mol. The number of sulfone groups is 1. The molecule has 1 aliphatic carbocycles. The van der Waals surface area contributed by atoms with Crippen LogP contribution in [-0.2, 0) is 24.8 Å². The van der Waals surface area contributed by atoms with Gasteiger partial charge in [-0.3, -0.25) is 4.79 Å². The summed E-state index contributed by atoms with van der Waals surface area (Å²) in [5.74, 6) is 0.00713. The molecule has 3 saturated heterocycles. The number of ether oxygens (including phenoxy) is 1. The van der Waals surface area contributed by atoms with E-state index in [0.29, 0.717) is 22.8 Å². The Hall–Kier alpha value is -3.73. The van der Waals surface area contributed by atoms with Crippen LogP contribution in [0.3, 0.4) is 0 Å². The molecule has 282 valence electrons. The second-order valence-corrected chi connectivity index (χ2v) is 17.7. The number of carbonyl (C=O) groups is 2. The van der Waals surface area contributed by atoms with Gasteiger partial charge in [0.05, 0.1) is 23.5 Å². The highest BCUT2D eigenvalue weighted by molar-refractivity contribution is 7.92. The lowest BCUT2D eigenvalue weighted by Gasteiger charge is -2.48. The van der Waals surface area contributed by atoms with Crippen LogP contribution in [0.15, 0.2) is 53.4 Å². The number of alkyl carbamates (subject to hydrolysis) is 1. The van der Waals surface area contributed by atoms with E-state index in [4.69, 9.17) is 4.74 Å². The largest absolute Gasteiger partial charge is 0.453 e. The summed E-state index contributed by atoms with van der Waals surface area (Å²) in [7, 11) is 1.77. The third-order valence-electron chi connectivity index (χ3n) is 11.9. The van der Waals surface area contributed by atoms with E-state index in [1.807, 2.05) is 37.2 Å². The van der Waals surface area contributed by atoms with Crippen LogP contribution in [0, 0.1) is 34.9 Å². The maximum atomic E-state index is 14.6. The zero-order valence-electron chi connectivity index (χ0n) is 30.7. The molecular formula is C39H53FN6O5S. The first-order chi connectivity index (χ1) is 24.9. The van der Waals surface area contributed by atoms with Gasteiger partial charge < -0.3 is 29.7 Å². The Bertz CT molecular complexity index is 1710. The number of nitrogens with zero attached hydrogens (tertiary/aromatic N) is 5. The summed E-state index contributed by atoms with van der Waals surface area (Å²) in [5.41, 5.74) is 0.770. The number of likely N-dealkylation sites (tertiary alicyclic amines) is 2. The molecule has 0 unspecified atom stereocenters. The highest BCUT2D eigenvalue weighted by atomic mass is 32.2. The van der Waals surface area contributed by atoms with Gasteiger partial charge in [-0.15, -0.1) is 0 Å². The van der Waals surface area contributed by atoms with E-state index in [-0.39, 0.29) is 42.7 Å². The van der Waals surface area contributed by atoms with Gasteiger partial charge in [0.15, 0.2) is 9.84 Å². The number of methoxy groups -OCH3 is 1. The predicted octanol–water partition coefficient (Wildman–Crippen LogP) is 4.29. The van der Waals surface area contributed by atoms with Crippen molar-refractivity contribution < 1.29 is 27.1 Å². The normalized spacial score (nSPS) is 23.1. The van der Waals surface area contributed by atoms with Gasteiger partial charge in [0.25, 0.3) is 0 Å². The molecule has 13 heteroatoms. The first-order valence-corrected chi connectivity index (χ1v) is 20.2. The van der Waals surface area contributed by atoms with Crippen molar-refractivity contribution in [3.05, 3.63) is 59.9 Å². The van der Waals surface area contributed by atoms with Crippen molar-refractivity contribution in [2.45, 2.75) is 66.5 Å². The van der Waals surface area contributed by atoms with E-state index in [0.717, 1.165) is 83.5 Å². The molecule has 4 fully saturated rings. The number of halogens is 1. The third-order valence-corrected chi connectivity index (χ3v) is 14.1. The lowest BCUT2D eigenvalue weighted by Crippen LogP contribution is -2.56. The number of anilines is 1. The molecule has 1 N–H and O–H groups in total. The fourth-order valence-corrected chi connectivity index (χ4v) is 10.7. The fourth-order valence-electron chi connectivity index (χ4n) is 9.04. The number of hydrogen-bond donors (Lipinski definition) is 1. The van der Waals surface area contributed by atoms with Crippen molar-refractivity contribution in [2.24, 2.45) is 17.8 Å². The monoisotopic (exact) mass is 736 g/mol. The van der Waals surface area contributed by atoms with Crippen molar-refractivity contribution in [3.63, 3.8) is 0 Å². The van der Waals surface area contributed by atoms with Gasteiger partial charge in [-0.2, -0.15) is 5.26 Å². The molecule has 3 atom stereocenters. The molecule has 0 radical (unpaired) electrons. The first kappa shape index (κ1) is 38.0. The number of nitriles is 1. The summed E-state index contributed by atoms with van der Waals surface area (Å²) < 4.78 is 46.0. The molecular weight excluding hydrogens is 684 g/mol. The molecule has 0 aromatic heterocycles. The van der Waals surface area contributed by atoms with Crippen molar-refractivity contribution >= 4 is 27.5 Å². The van der Waals surface area contributed by atoms with Crippen molar-refractivity contribution in [1.82, 2.24) is 20.0 Å². The van der Waals surface area contributed by atoms with Crippen LogP contribution in [0.1, 0.15) is 50.5 Å². The summed E-state index contributed by atoms with van der Waals surface area (Å²) in [5, 5.41) is 13.3. The highest BCUT2D eigenvalue weighted by Gasteiger charge is 2.53. The number of nitrogens with one attached hydrogen (secondary N) is 1. The minimum Gasteiger partial charge on any atom is -0.453 e. The molecule has 0 bridgehead atoms. The van der Waals surface area contributed by atoms with Crippen molar-refractivity contribution in [2.75, 3.05) is 78.5 Å². The van der Waals surface area contributed by atoms with E-state index >= 15 is 0 Å². The quantitative estimate of drug-likeness (QED) is 0.321. The number of benzene rings is 2. The number of rotatable bonds is 13. The lowest BCUT2D eigenvalue weighted by molar-refractivity contribution is -0.134. The third kappa shape index (κ3) is 7.94. The lowest BCUT2D eigenvalue weighted by atomic mass is 9.59. The molecule has 3 aliphatic heterocycles. The Kier molecular flexibility index (Phi) is 11.8. The van der Waals surface area contributed by atoms with Gasteiger partial charge in [0.2, 0.25) is 5.91 Å². The van der Waals surface area contributed by atoms with E-state index in [1.54, 1.807) is 23.1 Å². The van der Waals surface area contributed by atoms with Crippen LogP contribution >= 0.6 is 0 Å². The molecule has 6 rings (SSSR count). The smallest absolute Gasteiger partial charge is 0.407 e. The molecule has 2 aromatic carbocycles. The number of piperidine rings is 1. The molecule has 3 heterocycles. The Morgan fingerprint density at radius 1 is 1.04 bits per heavy atom. The zero-order valence-corrected chi connectivity index (χ0v) is 31.5. The van der Waals surface area contributed by atoms with E-state index in [2.05, 4.69) is 21.2 Å². The molecule has 11 nitrogen and oxygen atoms in total. The molecule has 52 heavy (non-hydrogen) atoms. The Labute approximate surface area is 308 Å². The van der Waals surface area contributed by atoms with Crippen LogP contribution in [0.4, 0.5) is 14.9 Å². The topological polar surface area (TPSA) is 126 Å². The standard InChI is InChI=1S/C39H53FN6O5S/c1-43(2)18-6-11-37(47)46-25-34(26-46)52(49,50)33-14-12-32(13-15-33)45-23-28(24-45)22-44-19-16-29(17-20-44)39(27-41,30-7-4-8-31(40)21-30)35-9-5-10-36(35)42-38(48)51-3/h4,7-8,12-15,21,28-29,34-36H,5-6,9-11,16-20,22-26H2,1-3H3,(H,42,48)/t35-,36-,39-/m0/s1. The van der Waals surface area contributed by atoms with Crippen molar-refractivity contribution in [3.8, 4) is 6.07 Å². The molecule has 1 saturated carbocycles. The summed E-state index contributed by atoms with van der Waals surface area (Å²) >= 11 is 0. The van der Waals surface area contributed by atoms with Gasteiger partial charge in [-0.1, -0.05) is 18.6 Å². The maximum Gasteiger partial charge on any atom is 0.407 e. The number of hydrogen-bond acceptors (Lipinski definition) is 9. The number of amides is 2. The summed E-state index contributed by atoms with van der Waals surface area (Å²) in [4.78, 5) is 33.4. The van der Waals surface area contributed by atoms with Crippen LogP contribution in [-0.4, -0.2) is 120 Å². The van der Waals surface area contributed by atoms with Gasteiger partial charge in [-0.05, 0) is 114 Å². The molecule has 2 amide bonds. The maximum absolute atomic E-state index is 14.6. The van der Waals surface area contributed by atoms with Crippen molar-refractivity contribution in [1.29, 1.82) is 5.26 Å². The molecule has 2 aromatic rings. The average Bonchev–Trinajstić information content (AvgIpc) is 3.54. The number of carbonyl (C=O) groups excluding carboxylic acids is 2. The Morgan fingerprint density at radius 2 is 1.75 bits per heavy atom. The van der Waals surface area contributed by atoms with E-state index in [1.165, 1.54) is 19.2 Å². The first-order valence-electron chi connectivity index (χ1n) is 18.7. The van der Waals surface area contributed by atoms with Crippen LogP contribution in [0.2, 0.25) is 0 Å². The molecule has 4 aliphatic rings. The van der Waals surface area contributed by atoms with E-state index < -0.39 is 26.6 Å². The summed E-state index contributed by atoms with van der Waals surface area (Å²) in [6.07, 6.45) is 4.72. The zero-order chi connectivity index (χ0) is 37.0. The van der Waals surface area contributed by atoms with Gasteiger partial charge in [0.1, 0.15) is 11.1 Å². The van der Waals surface area contributed by atoms with Gasteiger partial charge >= 0.3 is 6.09 Å². The minimum absolute atomic E-state index is 0.0184. The Balaban J connectivity index is 1.00. The van der Waals surface area contributed by atoms with Gasteiger partial charge in [-0.25, -0.2) is 17.6 Å². The van der Waals surface area contributed by atoms with Crippen LogP contribution in [0.5, 0.6) is 0 Å². The predicted molar refractivity (Wildman–Crippen MR) is 197 cm³/mol. The SMILES string of the molecule is COC(=O)N[C@H]1CCC[C@@H]1[C@](C#N)(c1cccc(F)c1)C1CCN(CC2CN(c3ccc(S(=O)(=O)C4CN(C(=O)CCCN(C)C)C4)cc3)C2)CC1. The second kappa shape index (κ2) is 16.1. The van der Waals surface area contributed by atoms with Crippen LogP contribution in [0.25, 0.3) is 0 Å². The minimum atomic E-state index is -3.51.